The number of likely N-dealkylation sites (N-methyl/N-ethyl adjacent to an activating group) is 2. The van der Waals surface area contributed by atoms with Crippen LogP contribution in [0.15, 0.2) is 22.8 Å². The molecular formula is C11H18N2O2. The fourth-order valence-corrected chi connectivity index (χ4v) is 1.35. The Bertz CT molecular complexity index is 306. The molecule has 84 valence electrons. The lowest BCUT2D eigenvalue weighted by Gasteiger charge is -2.25. The minimum Gasteiger partial charge on any atom is -0.468 e. The first-order valence-corrected chi connectivity index (χ1v) is 4.96. The van der Waals surface area contributed by atoms with Crippen LogP contribution in [0, 0.1) is 0 Å². The molecule has 0 aliphatic carbocycles. The summed E-state index contributed by atoms with van der Waals surface area (Å²) in [4.78, 5) is 15.2. The molecule has 0 aromatic carbocycles. The summed E-state index contributed by atoms with van der Waals surface area (Å²) in [7, 11) is 5.44. The molecule has 1 aromatic rings. The van der Waals surface area contributed by atoms with Crippen LogP contribution in [0.3, 0.4) is 0 Å². The second-order valence-corrected chi connectivity index (χ2v) is 3.90. The van der Waals surface area contributed by atoms with Gasteiger partial charge in [-0.15, -0.1) is 0 Å². The summed E-state index contributed by atoms with van der Waals surface area (Å²) in [6, 6.07) is 3.62. The van der Waals surface area contributed by atoms with Crippen LogP contribution in [-0.4, -0.2) is 42.9 Å². The van der Waals surface area contributed by atoms with Crippen LogP contribution >= 0.6 is 0 Å². The summed E-state index contributed by atoms with van der Waals surface area (Å²) in [5.74, 6) is 0.972. The molecule has 1 heterocycles. The number of rotatable bonds is 4. The van der Waals surface area contributed by atoms with E-state index in [4.69, 9.17) is 4.42 Å². The van der Waals surface area contributed by atoms with Gasteiger partial charge in [-0.2, -0.15) is 0 Å². The number of furan rings is 1. The minimum absolute atomic E-state index is 0.101. The number of nitrogens with zero attached hydrogens (tertiary/aromatic N) is 2. The zero-order valence-corrected chi connectivity index (χ0v) is 9.73. The van der Waals surface area contributed by atoms with E-state index in [1.165, 1.54) is 0 Å². The van der Waals surface area contributed by atoms with Crippen molar-refractivity contribution in [3.8, 4) is 0 Å². The molecule has 1 rings (SSSR count). The van der Waals surface area contributed by atoms with Gasteiger partial charge in [-0.1, -0.05) is 0 Å². The largest absolute Gasteiger partial charge is 0.468 e. The Labute approximate surface area is 90.5 Å². The van der Waals surface area contributed by atoms with E-state index in [0.717, 1.165) is 5.76 Å². The molecule has 1 atom stereocenters. The molecule has 0 radical (unpaired) electrons. The summed E-state index contributed by atoms with van der Waals surface area (Å²) < 4.78 is 5.23. The molecular weight excluding hydrogens is 192 g/mol. The molecule has 0 spiro atoms. The molecule has 1 amide bonds. The predicted molar refractivity (Wildman–Crippen MR) is 58.3 cm³/mol. The topological polar surface area (TPSA) is 36.7 Å². The average molecular weight is 210 g/mol. The van der Waals surface area contributed by atoms with Gasteiger partial charge in [0.1, 0.15) is 5.76 Å². The molecule has 0 bridgehead atoms. The number of carbonyl (C=O) groups is 1. The van der Waals surface area contributed by atoms with Crippen LogP contribution in [0.1, 0.15) is 12.7 Å². The van der Waals surface area contributed by atoms with Crippen molar-refractivity contribution in [3.63, 3.8) is 0 Å². The van der Waals surface area contributed by atoms with E-state index in [-0.39, 0.29) is 11.9 Å². The van der Waals surface area contributed by atoms with E-state index in [1.54, 1.807) is 25.3 Å². The quantitative estimate of drug-likeness (QED) is 0.749. The Hall–Kier alpha value is -1.29. The van der Waals surface area contributed by atoms with Gasteiger partial charge in [0.05, 0.1) is 18.8 Å². The first kappa shape index (κ1) is 11.8. The molecule has 0 saturated carbocycles. The number of amides is 1. The number of carbonyl (C=O) groups excluding carboxylic acids is 1. The second kappa shape index (κ2) is 4.98. The van der Waals surface area contributed by atoms with Crippen molar-refractivity contribution < 1.29 is 9.21 Å². The van der Waals surface area contributed by atoms with Crippen molar-refractivity contribution in [1.82, 2.24) is 9.80 Å². The molecule has 0 unspecified atom stereocenters. The third-order valence-electron chi connectivity index (χ3n) is 2.44. The van der Waals surface area contributed by atoms with Gasteiger partial charge in [-0.3, -0.25) is 9.69 Å². The summed E-state index contributed by atoms with van der Waals surface area (Å²) in [6.45, 7) is 2.54. The van der Waals surface area contributed by atoms with Crippen LogP contribution in [0.4, 0.5) is 0 Å². The molecule has 15 heavy (non-hydrogen) atoms. The molecule has 0 aliphatic rings. The maximum absolute atomic E-state index is 11.7. The van der Waals surface area contributed by atoms with Crippen LogP contribution < -0.4 is 0 Å². The molecule has 0 saturated heterocycles. The van der Waals surface area contributed by atoms with Crippen LogP contribution in [0.25, 0.3) is 0 Å². The second-order valence-electron chi connectivity index (χ2n) is 3.90. The maximum atomic E-state index is 11.7. The molecule has 4 heteroatoms. The molecule has 4 nitrogen and oxygen atoms in total. The van der Waals surface area contributed by atoms with Crippen molar-refractivity contribution in [2.24, 2.45) is 0 Å². The highest BCUT2D eigenvalue weighted by Gasteiger charge is 2.19. The van der Waals surface area contributed by atoms with Crippen LogP contribution in [0.2, 0.25) is 0 Å². The van der Waals surface area contributed by atoms with Crippen LogP contribution in [-0.2, 0) is 11.3 Å². The molecule has 0 aliphatic heterocycles. The fraction of sp³-hybridized carbons (Fsp3) is 0.545. The third-order valence-corrected chi connectivity index (χ3v) is 2.44. The lowest BCUT2D eigenvalue weighted by atomic mass is 10.2. The van der Waals surface area contributed by atoms with E-state index in [0.29, 0.717) is 6.54 Å². The zero-order valence-electron chi connectivity index (χ0n) is 9.73. The summed E-state index contributed by atoms with van der Waals surface area (Å²) in [5.41, 5.74) is 0. The molecule has 0 N–H and O–H groups in total. The zero-order chi connectivity index (χ0) is 11.4. The summed E-state index contributed by atoms with van der Waals surface area (Å²) in [5, 5.41) is 0. The van der Waals surface area contributed by atoms with Crippen molar-refractivity contribution in [3.05, 3.63) is 24.2 Å². The minimum atomic E-state index is -0.134. The van der Waals surface area contributed by atoms with Gasteiger partial charge < -0.3 is 9.32 Å². The predicted octanol–water partition coefficient (Wildman–Crippen LogP) is 1.19. The first-order valence-electron chi connectivity index (χ1n) is 4.96. The van der Waals surface area contributed by atoms with E-state index in [2.05, 4.69) is 0 Å². The monoisotopic (exact) mass is 210 g/mol. The fourth-order valence-electron chi connectivity index (χ4n) is 1.35. The Kier molecular flexibility index (Phi) is 3.91. The Balaban J connectivity index is 2.53. The van der Waals surface area contributed by atoms with Gasteiger partial charge >= 0.3 is 0 Å². The van der Waals surface area contributed by atoms with Crippen molar-refractivity contribution in [2.45, 2.75) is 19.5 Å². The van der Waals surface area contributed by atoms with E-state index >= 15 is 0 Å². The van der Waals surface area contributed by atoms with E-state index in [9.17, 15) is 4.79 Å². The van der Waals surface area contributed by atoms with Gasteiger partial charge in [0, 0.05) is 14.1 Å². The lowest BCUT2D eigenvalue weighted by molar-refractivity contribution is -0.133. The van der Waals surface area contributed by atoms with Crippen molar-refractivity contribution >= 4 is 5.91 Å². The normalized spacial score (nSPS) is 12.9. The third kappa shape index (κ3) is 3.09. The maximum Gasteiger partial charge on any atom is 0.239 e. The Morgan fingerprint density at radius 2 is 2.13 bits per heavy atom. The average Bonchev–Trinajstić information content (AvgIpc) is 2.67. The molecule has 1 aromatic heterocycles. The SMILES string of the molecule is C[C@@H](C(=O)N(C)C)N(C)Cc1ccco1. The smallest absolute Gasteiger partial charge is 0.239 e. The lowest BCUT2D eigenvalue weighted by Crippen LogP contribution is -2.42. The Morgan fingerprint density at radius 3 is 2.60 bits per heavy atom. The standard InChI is InChI=1S/C11H18N2O2/c1-9(11(14)12(2)3)13(4)8-10-6-5-7-15-10/h5-7,9H,8H2,1-4H3/t9-/m0/s1. The summed E-state index contributed by atoms with van der Waals surface area (Å²) in [6.07, 6.45) is 1.64. The highest BCUT2D eigenvalue weighted by molar-refractivity contribution is 5.80. The van der Waals surface area contributed by atoms with Crippen molar-refractivity contribution in [1.29, 1.82) is 0 Å². The van der Waals surface area contributed by atoms with Gasteiger partial charge in [0.15, 0.2) is 0 Å². The van der Waals surface area contributed by atoms with Gasteiger partial charge in [-0.25, -0.2) is 0 Å². The Morgan fingerprint density at radius 1 is 1.47 bits per heavy atom. The van der Waals surface area contributed by atoms with E-state index in [1.807, 2.05) is 31.0 Å². The van der Waals surface area contributed by atoms with Gasteiger partial charge in [0.2, 0.25) is 5.91 Å². The van der Waals surface area contributed by atoms with Crippen molar-refractivity contribution in [2.75, 3.05) is 21.1 Å². The van der Waals surface area contributed by atoms with Gasteiger partial charge in [-0.05, 0) is 26.1 Å². The number of hydrogen-bond donors (Lipinski definition) is 0. The van der Waals surface area contributed by atoms with Crippen LogP contribution in [0.5, 0.6) is 0 Å². The summed E-state index contributed by atoms with van der Waals surface area (Å²) >= 11 is 0. The molecule has 0 fully saturated rings. The highest BCUT2D eigenvalue weighted by atomic mass is 16.3. The number of hydrogen-bond acceptors (Lipinski definition) is 3. The highest BCUT2D eigenvalue weighted by Crippen LogP contribution is 2.07. The van der Waals surface area contributed by atoms with Gasteiger partial charge in [0.25, 0.3) is 0 Å². The first-order chi connectivity index (χ1) is 7.02. The van der Waals surface area contributed by atoms with E-state index < -0.39 is 0 Å².